The number of anilines is 1. The molecule has 1 aliphatic heterocycles. The lowest BCUT2D eigenvalue weighted by atomic mass is 9.99. The zero-order valence-electron chi connectivity index (χ0n) is 21.3. The third-order valence-electron chi connectivity index (χ3n) is 7.25. The van der Waals surface area contributed by atoms with Crippen LogP contribution in [0.2, 0.25) is 0 Å². The van der Waals surface area contributed by atoms with Crippen LogP contribution in [0.1, 0.15) is 30.4 Å². The normalized spacial score (nSPS) is 13.8. The molecule has 1 fully saturated rings. The Morgan fingerprint density at radius 2 is 1.67 bits per heavy atom. The van der Waals surface area contributed by atoms with Crippen molar-refractivity contribution in [3.8, 4) is 17.0 Å². The lowest BCUT2D eigenvalue weighted by Gasteiger charge is -2.36. The van der Waals surface area contributed by atoms with E-state index < -0.39 is 0 Å². The first-order valence-electron chi connectivity index (χ1n) is 13.0. The molecule has 0 atom stereocenters. The molecule has 0 spiro atoms. The number of rotatable bonds is 8. The van der Waals surface area contributed by atoms with Crippen molar-refractivity contribution in [2.75, 3.05) is 38.2 Å². The number of aromatic nitrogens is 1. The van der Waals surface area contributed by atoms with Crippen LogP contribution in [0.3, 0.4) is 0 Å². The van der Waals surface area contributed by atoms with Gasteiger partial charge in [0.1, 0.15) is 5.75 Å². The zero-order chi connectivity index (χ0) is 24.9. The maximum absolute atomic E-state index is 12.9. The highest BCUT2D eigenvalue weighted by atomic mass is 16.5. The summed E-state index contributed by atoms with van der Waals surface area (Å²) in [6.45, 7) is 5.33. The van der Waals surface area contributed by atoms with Crippen molar-refractivity contribution < 1.29 is 9.53 Å². The van der Waals surface area contributed by atoms with Gasteiger partial charge in [-0.15, -0.1) is 0 Å². The van der Waals surface area contributed by atoms with Gasteiger partial charge in [-0.3, -0.25) is 4.79 Å². The number of para-hydroxylation sites is 2. The summed E-state index contributed by atoms with van der Waals surface area (Å²) in [6.07, 6.45) is 3.46. The van der Waals surface area contributed by atoms with Gasteiger partial charge in [-0.1, -0.05) is 54.1 Å². The SMILES string of the molecule is COc1ccccc1N1CCN(C(=O)CCCCc2c(-c3ccccc3)[nH]c3ccc(C)cc23)CC1. The number of aryl methyl sites for hydroxylation is 2. The Labute approximate surface area is 213 Å². The van der Waals surface area contributed by atoms with Gasteiger partial charge in [0.25, 0.3) is 0 Å². The standard InChI is InChI=1S/C31H35N3O2/c1-23-16-17-27-26(22-23)25(31(32-27)24-10-4-3-5-11-24)12-6-9-15-30(35)34-20-18-33(19-21-34)28-13-7-8-14-29(28)36-2/h3-5,7-8,10-11,13-14,16-17,22,32H,6,9,12,15,18-21H2,1-2H3. The molecule has 0 unspecified atom stereocenters. The number of nitrogens with zero attached hydrogens (tertiary/aromatic N) is 2. The minimum Gasteiger partial charge on any atom is -0.495 e. The predicted octanol–water partition coefficient (Wildman–Crippen LogP) is 6.21. The number of amides is 1. The highest BCUT2D eigenvalue weighted by molar-refractivity contribution is 5.91. The van der Waals surface area contributed by atoms with Crippen molar-refractivity contribution in [2.24, 2.45) is 0 Å². The minimum atomic E-state index is 0.271. The Hall–Kier alpha value is -3.73. The van der Waals surface area contributed by atoms with Gasteiger partial charge in [-0.25, -0.2) is 0 Å². The molecule has 3 aromatic carbocycles. The lowest BCUT2D eigenvalue weighted by molar-refractivity contribution is -0.131. The molecule has 0 radical (unpaired) electrons. The largest absolute Gasteiger partial charge is 0.495 e. The number of hydrogen-bond donors (Lipinski definition) is 1. The fourth-order valence-electron chi connectivity index (χ4n) is 5.30. The molecule has 0 aliphatic carbocycles. The summed E-state index contributed by atoms with van der Waals surface area (Å²) in [5.74, 6) is 1.16. The number of H-pyrrole nitrogens is 1. The number of carbonyl (C=O) groups is 1. The average molecular weight is 482 g/mol. The van der Waals surface area contributed by atoms with Crippen LogP contribution in [-0.4, -0.2) is 49.1 Å². The Bertz CT molecular complexity index is 1320. The van der Waals surface area contributed by atoms with Crippen LogP contribution < -0.4 is 9.64 Å². The first-order chi connectivity index (χ1) is 17.6. The van der Waals surface area contributed by atoms with Crippen molar-refractivity contribution in [1.29, 1.82) is 0 Å². The van der Waals surface area contributed by atoms with Gasteiger partial charge in [0, 0.05) is 49.2 Å². The Morgan fingerprint density at radius 1 is 0.917 bits per heavy atom. The van der Waals surface area contributed by atoms with Crippen LogP contribution >= 0.6 is 0 Å². The Kier molecular flexibility index (Phi) is 7.26. The first-order valence-corrected chi connectivity index (χ1v) is 13.0. The molecule has 0 saturated carbocycles. The fourth-order valence-corrected chi connectivity index (χ4v) is 5.30. The van der Waals surface area contributed by atoms with E-state index >= 15 is 0 Å². The smallest absolute Gasteiger partial charge is 0.222 e. The third-order valence-corrected chi connectivity index (χ3v) is 7.25. The van der Waals surface area contributed by atoms with E-state index in [9.17, 15) is 4.79 Å². The molecule has 1 aliphatic rings. The van der Waals surface area contributed by atoms with Crippen molar-refractivity contribution in [3.63, 3.8) is 0 Å². The monoisotopic (exact) mass is 481 g/mol. The van der Waals surface area contributed by atoms with Gasteiger partial charge in [-0.05, 0) is 61.6 Å². The van der Waals surface area contributed by atoms with Gasteiger partial charge in [0.05, 0.1) is 12.8 Å². The number of hydrogen-bond acceptors (Lipinski definition) is 3. The number of nitrogens with one attached hydrogen (secondary N) is 1. The van der Waals surface area contributed by atoms with E-state index in [0.717, 1.165) is 56.9 Å². The second-order valence-corrected chi connectivity index (χ2v) is 9.64. The Balaban J connectivity index is 1.18. The van der Waals surface area contributed by atoms with Crippen LogP contribution in [0.5, 0.6) is 5.75 Å². The van der Waals surface area contributed by atoms with E-state index in [-0.39, 0.29) is 5.91 Å². The van der Waals surface area contributed by atoms with E-state index in [1.807, 2.05) is 23.1 Å². The first kappa shape index (κ1) is 24.0. The van der Waals surface area contributed by atoms with Crippen LogP contribution in [0, 0.1) is 6.92 Å². The van der Waals surface area contributed by atoms with Gasteiger partial charge in [0.15, 0.2) is 0 Å². The van der Waals surface area contributed by atoms with Crippen LogP contribution in [-0.2, 0) is 11.2 Å². The summed E-state index contributed by atoms with van der Waals surface area (Å²) in [4.78, 5) is 20.9. The third kappa shape index (κ3) is 5.11. The molecular formula is C31H35N3O2. The van der Waals surface area contributed by atoms with Crippen molar-refractivity contribution in [1.82, 2.24) is 9.88 Å². The molecule has 0 bridgehead atoms. The summed E-state index contributed by atoms with van der Waals surface area (Å²) in [5, 5.41) is 1.30. The second kappa shape index (κ2) is 10.9. The van der Waals surface area contributed by atoms with Crippen LogP contribution in [0.25, 0.3) is 22.2 Å². The number of ether oxygens (including phenoxy) is 1. The summed E-state index contributed by atoms with van der Waals surface area (Å²) in [6, 6.07) is 25.3. The van der Waals surface area contributed by atoms with E-state index in [2.05, 4.69) is 71.4 Å². The average Bonchev–Trinajstić information content (AvgIpc) is 3.29. The van der Waals surface area contributed by atoms with Crippen molar-refractivity contribution >= 4 is 22.5 Å². The van der Waals surface area contributed by atoms with Gasteiger partial charge < -0.3 is 19.5 Å². The highest BCUT2D eigenvalue weighted by Crippen LogP contribution is 2.32. The van der Waals surface area contributed by atoms with E-state index in [1.165, 1.54) is 33.3 Å². The second-order valence-electron chi connectivity index (χ2n) is 9.64. The zero-order valence-corrected chi connectivity index (χ0v) is 21.3. The van der Waals surface area contributed by atoms with Crippen LogP contribution in [0.4, 0.5) is 5.69 Å². The Morgan fingerprint density at radius 3 is 2.44 bits per heavy atom. The number of piperazine rings is 1. The molecule has 1 saturated heterocycles. The van der Waals surface area contributed by atoms with Crippen LogP contribution in [0.15, 0.2) is 72.8 Å². The topological polar surface area (TPSA) is 48.6 Å². The minimum absolute atomic E-state index is 0.271. The van der Waals surface area contributed by atoms with Gasteiger partial charge in [-0.2, -0.15) is 0 Å². The molecule has 2 heterocycles. The molecule has 1 N–H and O–H groups in total. The quantitative estimate of drug-likeness (QED) is 0.304. The molecule has 1 aromatic heterocycles. The number of carbonyl (C=O) groups excluding carboxylic acids is 1. The van der Waals surface area contributed by atoms with E-state index in [4.69, 9.17) is 4.74 Å². The summed E-state index contributed by atoms with van der Waals surface area (Å²) in [5.41, 5.74) is 7.33. The molecule has 5 nitrogen and oxygen atoms in total. The molecular weight excluding hydrogens is 446 g/mol. The molecule has 4 aromatic rings. The number of methoxy groups -OCH3 is 1. The number of aromatic amines is 1. The van der Waals surface area contributed by atoms with Gasteiger partial charge in [0.2, 0.25) is 5.91 Å². The summed E-state index contributed by atoms with van der Waals surface area (Å²) < 4.78 is 5.51. The number of benzene rings is 3. The van der Waals surface area contributed by atoms with Crippen molar-refractivity contribution in [2.45, 2.75) is 32.6 Å². The predicted molar refractivity (Wildman–Crippen MR) is 148 cm³/mol. The molecule has 5 heteroatoms. The maximum atomic E-state index is 12.9. The maximum Gasteiger partial charge on any atom is 0.222 e. The molecule has 1 amide bonds. The van der Waals surface area contributed by atoms with E-state index in [0.29, 0.717) is 6.42 Å². The fraction of sp³-hybridized carbons (Fsp3) is 0.323. The molecule has 186 valence electrons. The molecule has 5 rings (SSSR count). The summed E-state index contributed by atoms with van der Waals surface area (Å²) >= 11 is 0. The lowest BCUT2D eigenvalue weighted by Crippen LogP contribution is -2.48. The van der Waals surface area contributed by atoms with Crippen molar-refractivity contribution in [3.05, 3.63) is 83.9 Å². The number of unbranched alkanes of at least 4 members (excludes halogenated alkanes) is 1. The van der Waals surface area contributed by atoms with E-state index in [1.54, 1.807) is 7.11 Å². The summed E-state index contributed by atoms with van der Waals surface area (Å²) in [7, 11) is 1.71. The van der Waals surface area contributed by atoms with Gasteiger partial charge >= 0.3 is 0 Å². The number of fused-ring (bicyclic) bond motifs is 1. The highest BCUT2D eigenvalue weighted by Gasteiger charge is 2.22. The molecule has 36 heavy (non-hydrogen) atoms.